The zero-order valence-electron chi connectivity index (χ0n) is 14.2. The molecule has 1 aromatic rings. The molecule has 3 amide bonds. The molecule has 0 aromatic heterocycles. The van der Waals surface area contributed by atoms with Crippen LogP contribution < -0.4 is 15.8 Å². The van der Waals surface area contributed by atoms with Crippen molar-refractivity contribution in [2.75, 3.05) is 23.0 Å². The summed E-state index contributed by atoms with van der Waals surface area (Å²) in [6, 6.07) is 6.57. The molecule has 0 spiro atoms. The summed E-state index contributed by atoms with van der Waals surface area (Å²) in [5.41, 5.74) is 5.73. The number of anilines is 1. The largest absolute Gasteiger partial charge is 0.312 e. The number of nitrogens with one attached hydrogen (secondary N) is 2. The predicted molar refractivity (Wildman–Crippen MR) is 95.0 cm³/mol. The number of benzene rings is 1. The summed E-state index contributed by atoms with van der Waals surface area (Å²) in [4.78, 5) is 37.3. The molecule has 0 bridgehead atoms. The van der Waals surface area contributed by atoms with Gasteiger partial charge in [0.1, 0.15) is 0 Å². The van der Waals surface area contributed by atoms with E-state index < -0.39 is 21.7 Å². The fourth-order valence-electron chi connectivity index (χ4n) is 3.26. The molecule has 2 fully saturated rings. The summed E-state index contributed by atoms with van der Waals surface area (Å²) in [5.74, 6) is -0.886. The second-order valence-corrected chi connectivity index (χ2v) is 8.90. The number of hydrazine groups is 1. The lowest BCUT2D eigenvalue weighted by Gasteiger charge is -2.16. The van der Waals surface area contributed by atoms with Crippen LogP contribution in [0.25, 0.3) is 0 Å². The lowest BCUT2D eigenvalue weighted by molar-refractivity contribution is -0.122. The molecule has 0 radical (unpaired) electrons. The average molecular weight is 379 g/mol. The van der Waals surface area contributed by atoms with Crippen molar-refractivity contribution >= 4 is 33.2 Å². The summed E-state index contributed by atoms with van der Waals surface area (Å²) >= 11 is 0. The van der Waals surface area contributed by atoms with Gasteiger partial charge in [0.15, 0.2) is 9.84 Å². The van der Waals surface area contributed by atoms with Crippen LogP contribution in [0.5, 0.6) is 0 Å². The molecule has 2 saturated heterocycles. The molecule has 0 aliphatic carbocycles. The van der Waals surface area contributed by atoms with E-state index in [1.165, 1.54) is 0 Å². The Balaban J connectivity index is 1.48. The molecule has 9 heteroatoms. The molecule has 2 N–H and O–H groups in total. The zero-order chi connectivity index (χ0) is 18.7. The fraction of sp³-hybridized carbons (Fsp3) is 0.471. The molecule has 0 unspecified atom stereocenters. The summed E-state index contributed by atoms with van der Waals surface area (Å²) in [6.07, 6.45) is 1.90. The summed E-state index contributed by atoms with van der Waals surface area (Å²) in [6.45, 7) is 0.678. The van der Waals surface area contributed by atoms with E-state index in [-0.39, 0.29) is 29.8 Å². The Kier molecular flexibility index (Phi) is 5.26. The third-order valence-electron chi connectivity index (χ3n) is 4.63. The summed E-state index contributed by atoms with van der Waals surface area (Å²) in [7, 11) is -3.03. The van der Waals surface area contributed by atoms with Crippen LogP contribution in [-0.2, 0) is 19.4 Å². The number of nitrogens with zero attached hydrogens (tertiary/aromatic N) is 1. The van der Waals surface area contributed by atoms with Crippen molar-refractivity contribution in [3.63, 3.8) is 0 Å². The van der Waals surface area contributed by atoms with Gasteiger partial charge in [-0.25, -0.2) is 8.42 Å². The van der Waals surface area contributed by atoms with Crippen LogP contribution in [0.2, 0.25) is 0 Å². The Morgan fingerprint density at radius 3 is 2.46 bits per heavy atom. The monoisotopic (exact) mass is 379 g/mol. The van der Waals surface area contributed by atoms with Crippen LogP contribution in [0, 0.1) is 5.92 Å². The maximum atomic E-state index is 12.1. The Bertz CT molecular complexity index is 819. The molecule has 2 aliphatic rings. The first-order valence-corrected chi connectivity index (χ1v) is 10.4. The first-order chi connectivity index (χ1) is 12.3. The van der Waals surface area contributed by atoms with Crippen molar-refractivity contribution in [1.82, 2.24) is 10.9 Å². The highest BCUT2D eigenvalue weighted by atomic mass is 32.2. The summed E-state index contributed by atoms with van der Waals surface area (Å²) in [5, 5.41) is 0. The van der Waals surface area contributed by atoms with E-state index in [9.17, 15) is 22.8 Å². The number of amides is 3. The highest BCUT2D eigenvalue weighted by Crippen LogP contribution is 2.22. The second-order valence-electron chi connectivity index (χ2n) is 6.67. The molecule has 140 valence electrons. The van der Waals surface area contributed by atoms with Gasteiger partial charge in [0.2, 0.25) is 11.8 Å². The lowest BCUT2D eigenvalue weighted by atomic mass is 10.1. The minimum absolute atomic E-state index is 0.0189. The number of carbonyl (C=O) groups is 3. The first kappa shape index (κ1) is 18.4. The maximum absolute atomic E-state index is 12.1. The smallest absolute Gasteiger partial charge is 0.269 e. The van der Waals surface area contributed by atoms with Crippen LogP contribution in [0.4, 0.5) is 5.69 Å². The van der Waals surface area contributed by atoms with Crippen LogP contribution in [0.3, 0.4) is 0 Å². The van der Waals surface area contributed by atoms with Crippen molar-refractivity contribution in [1.29, 1.82) is 0 Å². The SMILES string of the molecule is O=C(C[C@@H]1CCS(=O)(=O)C1)NNC(=O)c1ccc(N2CCCC2=O)cc1. The molecule has 26 heavy (non-hydrogen) atoms. The van der Waals surface area contributed by atoms with Gasteiger partial charge in [0.05, 0.1) is 11.5 Å². The number of rotatable bonds is 4. The minimum Gasteiger partial charge on any atom is -0.312 e. The van der Waals surface area contributed by atoms with Crippen LogP contribution in [0.1, 0.15) is 36.0 Å². The van der Waals surface area contributed by atoms with Gasteiger partial charge in [-0.1, -0.05) is 0 Å². The van der Waals surface area contributed by atoms with Gasteiger partial charge in [-0.2, -0.15) is 0 Å². The van der Waals surface area contributed by atoms with Gasteiger partial charge in [-0.15, -0.1) is 0 Å². The summed E-state index contributed by atoms with van der Waals surface area (Å²) < 4.78 is 22.8. The lowest BCUT2D eigenvalue weighted by Crippen LogP contribution is -2.42. The number of carbonyl (C=O) groups excluding carboxylic acids is 3. The third-order valence-corrected chi connectivity index (χ3v) is 6.47. The van der Waals surface area contributed by atoms with E-state index >= 15 is 0 Å². The van der Waals surface area contributed by atoms with E-state index in [4.69, 9.17) is 0 Å². The highest BCUT2D eigenvalue weighted by molar-refractivity contribution is 7.91. The Hall–Kier alpha value is -2.42. The van der Waals surface area contributed by atoms with Gasteiger partial charge < -0.3 is 4.90 Å². The van der Waals surface area contributed by atoms with E-state index in [0.29, 0.717) is 24.9 Å². The molecule has 1 atom stereocenters. The van der Waals surface area contributed by atoms with Crippen LogP contribution in [0.15, 0.2) is 24.3 Å². The van der Waals surface area contributed by atoms with Crippen molar-refractivity contribution in [3.8, 4) is 0 Å². The molecule has 0 saturated carbocycles. The predicted octanol–water partition coefficient (Wildman–Crippen LogP) is 0.399. The number of hydrogen-bond acceptors (Lipinski definition) is 5. The van der Waals surface area contributed by atoms with Crippen LogP contribution >= 0.6 is 0 Å². The maximum Gasteiger partial charge on any atom is 0.269 e. The first-order valence-electron chi connectivity index (χ1n) is 8.54. The van der Waals surface area contributed by atoms with Gasteiger partial charge in [0.25, 0.3) is 5.91 Å². The molecular weight excluding hydrogens is 358 g/mol. The number of sulfone groups is 1. The number of hydrogen-bond donors (Lipinski definition) is 2. The molecule has 8 nitrogen and oxygen atoms in total. The average Bonchev–Trinajstić information content (AvgIpc) is 3.18. The van der Waals surface area contributed by atoms with Crippen molar-refractivity contribution in [3.05, 3.63) is 29.8 Å². The third kappa shape index (κ3) is 4.40. The topological polar surface area (TPSA) is 113 Å². The normalized spacial score (nSPS) is 21.6. The van der Waals surface area contributed by atoms with Crippen molar-refractivity contribution < 1.29 is 22.8 Å². The second kappa shape index (κ2) is 7.45. The van der Waals surface area contributed by atoms with E-state index in [0.717, 1.165) is 12.1 Å². The van der Waals surface area contributed by atoms with E-state index in [2.05, 4.69) is 10.9 Å². The standard InChI is InChI=1S/C17H21N3O5S/c21-15(10-12-7-9-26(24,25)11-12)18-19-17(23)13-3-5-14(6-4-13)20-8-1-2-16(20)22/h3-6,12H,1-2,7-11H2,(H,18,21)(H,19,23)/t12-/m0/s1. The zero-order valence-corrected chi connectivity index (χ0v) is 15.0. The molecule has 1 aromatic carbocycles. The molecular formula is C17H21N3O5S. The Labute approximate surface area is 151 Å². The van der Waals surface area contributed by atoms with Gasteiger partial charge >= 0.3 is 0 Å². The van der Waals surface area contributed by atoms with Crippen LogP contribution in [-0.4, -0.2) is 44.2 Å². The highest BCUT2D eigenvalue weighted by Gasteiger charge is 2.29. The van der Waals surface area contributed by atoms with Gasteiger partial charge in [-0.05, 0) is 43.0 Å². The van der Waals surface area contributed by atoms with Crippen molar-refractivity contribution in [2.45, 2.75) is 25.7 Å². The molecule has 2 aliphatic heterocycles. The Morgan fingerprint density at radius 2 is 1.88 bits per heavy atom. The quantitative estimate of drug-likeness (QED) is 0.736. The van der Waals surface area contributed by atoms with Crippen molar-refractivity contribution in [2.24, 2.45) is 5.92 Å². The fourth-order valence-corrected chi connectivity index (χ4v) is 5.12. The Morgan fingerprint density at radius 1 is 1.15 bits per heavy atom. The van der Waals surface area contributed by atoms with E-state index in [1.807, 2.05) is 0 Å². The van der Waals surface area contributed by atoms with E-state index in [1.54, 1.807) is 29.2 Å². The van der Waals surface area contributed by atoms with Gasteiger partial charge in [0, 0.05) is 30.6 Å². The molecule has 3 rings (SSSR count). The minimum atomic E-state index is -3.03. The molecule has 2 heterocycles. The van der Waals surface area contributed by atoms with Gasteiger partial charge in [-0.3, -0.25) is 25.2 Å².